The first-order valence-electron chi connectivity index (χ1n) is 9.64. The number of rotatable bonds is 17. The van der Waals surface area contributed by atoms with Gasteiger partial charge in [-0.25, -0.2) is 0 Å². The molecule has 0 fully saturated rings. The van der Waals surface area contributed by atoms with E-state index in [9.17, 15) is 5.11 Å². The van der Waals surface area contributed by atoms with Gasteiger partial charge in [0.15, 0.2) is 0 Å². The van der Waals surface area contributed by atoms with Crippen molar-refractivity contribution in [2.75, 3.05) is 26.4 Å². The van der Waals surface area contributed by atoms with Crippen molar-refractivity contribution in [3.05, 3.63) is 29.8 Å². The summed E-state index contributed by atoms with van der Waals surface area (Å²) in [6, 6.07) is 8.35. The van der Waals surface area contributed by atoms with E-state index < -0.39 is 6.10 Å². The lowest BCUT2D eigenvalue weighted by Gasteiger charge is -2.10. The number of ether oxygens (including phenoxy) is 2. The summed E-state index contributed by atoms with van der Waals surface area (Å²) in [4.78, 5) is 0. The molecule has 0 spiro atoms. The van der Waals surface area contributed by atoms with E-state index >= 15 is 0 Å². The number of aryl methyl sites for hydroxylation is 1. The van der Waals surface area contributed by atoms with Gasteiger partial charge in [0, 0.05) is 27.8 Å². The Hall–Kier alpha value is -0.0200. The van der Waals surface area contributed by atoms with Crippen molar-refractivity contribution < 1.29 is 18.8 Å². The van der Waals surface area contributed by atoms with E-state index in [1.807, 2.05) is 21.2 Å². The maximum atomic E-state index is 9.59. The number of unbranched alkanes of at least 4 members (excludes halogenated alkanes) is 5. The first-order valence-corrected chi connectivity index (χ1v) is 12.9. The molecule has 26 heavy (non-hydrogen) atoms. The van der Waals surface area contributed by atoms with Crippen molar-refractivity contribution in [2.45, 2.75) is 64.4 Å². The third kappa shape index (κ3) is 13.2. The number of hydrogen-bond donors (Lipinski definition) is 1. The molecule has 0 aliphatic rings. The number of benzene rings is 1. The molecule has 1 rings (SSSR count). The van der Waals surface area contributed by atoms with Gasteiger partial charge in [-0.3, -0.25) is 0 Å². The minimum atomic E-state index is -0.555. The maximum Gasteiger partial charge on any atom is 0.119 e. The summed E-state index contributed by atoms with van der Waals surface area (Å²) in [5, 5.41) is 9.59. The zero-order valence-electron chi connectivity index (χ0n) is 15.8. The van der Waals surface area contributed by atoms with Crippen LogP contribution >= 0.6 is 30.4 Å². The van der Waals surface area contributed by atoms with Gasteiger partial charge in [0.2, 0.25) is 0 Å². The minimum absolute atomic E-state index is 0.299. The minimum Gasteiger partial charge on any atom is -0.494 e. The molecule has 150 valence electrons. The van der Waals surface area contributed by atoms with Crippen molar-refractivity contribution in [3.63, 3.8) is 0 Å². The van der Waals surface area contributed by atoms with Gasteiger partial charge in [-0.15, -0.1) is 0 Å². The van der Waals surface area contributed by atoms with E-state index in [1.165, 1.54) is 46.9 Å². The fourth-order valence-corrected chi connectivity index (χ4v) is 3.22. The van der Waals surface area contributed by atoms with Crippen LogP contribution < -0.4 is 4.74 Å². The van der Waals surface area contributed by atoms with E-state index in [4.69, 9.17) is 13.7 Å². The van der Waals surface area contributed by atoms with Crippen LogP contribution in [-0.2, 0) is 15.3 Å². The molecule has 0 unspecified atom stereocenters. The number of hydrogen-bond acceptors (Lipinski definition) is 5. The molecule has 4 nitrogen and oxygen atoms in total. The third-order valence-electron chi connectivity index (χ3n) is 4.06. The van der Waals surface area contributed by atoms with E-state index in [1.54, 1.807) is 0 Å². The second kappa shape index (κ2) is 17.1. The second-order valence-corrected chi connectivity index (χ2v) is 7.88. The van der Waals surface area contributed by atoms with Crippen LogP contribution in [0.5, 0.6) is 5.75 Å². The third-order valence-corrected chi connectivity index (χ3v) is 5.05. The second-order valence-electron chi connectivity index (χ2n) is 6.44. The monoisotopic (exact) mass is 496 g/mol. The standard InChI is InChI=1S/C20H33IO4S/c1-2-3-4-5-6-7-15-24-20-12-10-18(11-13-20)9-8-14-23-16-19(22)17-25-26-21/h10-13,19,22H,2-9,14-17H2,1H3/t19-/m0/s1. The first-order chi connectivity index (χ1) is 12.8. The lowest BCUT2D eigenvalue weighted by atomic mass is 10.1. The van der Waals surface area contributed by atoms with E-state index in [-0.39, 0.29) is 0 Å². The Morgan fingerprint density at radius 1 is 0.962 bits per heavy atom. The smallest absolute Gasteiger partial charge is 0.119 e. The predicted molar refractivity (Wildman–Crippen MR) is 118 cm³/mol. The maximum absolute atomic E-state index is 9.59. The Balaban J connectivity index is 2.04. The quantitative estimate of drug-likeness (QED) is 0.169. The predicted octanol–water partition coefficient (Wildman–Crippen LogP) is 5.75. The van der Waals surface area contributed by atoms with Crippen LogP contribution in [0.25, 0.3) is 0 Å². The zero-order valence-corrected chi connectivity index (χ0v) is 18.8. The molecule has 0 saturated heterocycles. The van der Waals surface area contributed by atoms with Crippen LogP contribution in [0.15, 0.2) is 24.3 Å². The van der Waals surface area contributed by atoms with Crippen molar-refractivity contribution in [2.24, 2.45) is 0 Å². The Bertz CT molecular complexity index is 430. The zero-order chi connectivity index (χ0) is 18.9. The molecule has 0 radical (unpaired) electrons. The molecule has 1 aromatic rings. The summed E-state index contributed by atoms with van der Waals surface area (Å²) in [6.45, 7) is 4.32. The fraction of sp³-hybridized carbons (Fsp3) is 0.700. The molecule has 0 heterocycles. The van der Waals surface area contributed by atoms with Gasteiger partial charge >= 0.3 is 0 Å². The summed E-state index contributed by atoms with van der Waals surface area (Å²) in [7, 11) is 1.23. The Labute approximate surface area is 175 Å². The van der Waals surface area contributed by atoms with Crippen molar-refractivity contribution >= 4 is 30.4 Å². The molecule has 0 bridgehead atoms. The molecule has 1 atom stereocenters. The largest absolute Gasteiger partial charge is 0.494 e. The molecule has 0 aliphatic heterocycles. The van der Waals surface area contributed by atoms with Gasteiger partial charge in [-0.2, -0.15) is 0 Å². The van der Waals surface area contributed by atoms with Gasteiger partial charge in [0.25, 0.3) is 0 Å². The molecule has 0 amide bonds. The molecular formula is C20H33IO4S. The van der Waals surface area contributed by atoms with Crippen LogP contribution in [0.1, 0.15) is 57.4 Å². The van der Waals surface area contributed by atoms with Crippen LogP contribution in [0.2, 0.25) is 0 Å². The lowest BCUT2D eigenvalue weighted by Crippen LogP contribution is -2.20. The van der Waals surface area contributed by atoms with Gasteiger partial charge in [0.1, 0.15) is 11.9 Å². The highest BCUT2D eigenvalue weighted by atomic mass is 127. The van der Waals surface area contributed by atoms with Crippen LogP contribution in [0.3, 0.4) is 0 Å². The average Bonchev–Trinajstić information content (AvgIpc) is 2.66. The first kappa shape index (κ1) is 24.0. The molecular weight excluding hydrogens is 463 g/mol. The SMILES string of the molecule is CCCCCCCCOc1ccc(CCCOC[C@H](O)COSI)cc1. The number of halogens is 1. The fourth-order valence-electron chi connectivity index (χ4n) is 2.57. The van der Waals surface area contributed by atoms with Gasteiger partial charge in [-0.05, 0) is 37.0 Å². The molecule has 1 aromatic carbocycles. The van der Waals surface area contributed by atoms with Gasteiger partial charge in [0.05, 0.1) is 29.0 Å². The number of aliphatic hydroxyl groups excluding tert-OH is 1. The van der Waals surface area contributed by atoms with Crippen molar-refractivity contribution in [3.8, 4) is 5.75 Å². The van der Waals surface area contributed by atoms with E-state index in [2.05, 4.69) is 31.2 Å². The Morgan fingerprint density at radius 2 is 1.69 bits per heavy atom. The number of aliphatic hydroxyl groups is 1. The topological polar surface area (TPSA) is 47.9 Å². The molecule has 6 heteroatoms. The summed E-state index contributed by atoms with van der Waals surface area (Å²) < 4.78 is 16.3. The highest BCUT2D eigenvalue weighted by Gasteiger charge is 2.04. The Morgan fingerprint density at radius 3 is 2.42 bits per heavy atom. The average molecular weight is 496 g/mol. The van der Waals surface area contributed by atoms with E-state index in [0.717, 1.165) is 31.6 Å². The highest BCUT2D eigenvalue weighted by molar-refractivity contribution is 14.2. The lowest BCUT2D eigenvalue weighted by molar-refractivity contribution is 0.0158. The molecule has 1 N–H and O–H groups in total. The van der Waals surface area contributed by atoms with E-state index in [0.29, 0.717) is 19.8 Å². The van der Waals surface area contributed by atoms with Crippen molar-refractivity contribution in [1.29, 1.82) is 0 Å². The summed E-state index contributed by atoms with van der Waals surface area (Å²) >= 11 is 2.03. The highest BCUT2D eigenvalue weighted by Crippen LogP contribution is 2.15. The Kier molecular flexibility index (Phi) is 15.8. The summed E-state index contributed by atoms with van der Waals surface area (Å²) in [5.74, 6) is 0.954. The molecule has 0 saturated carbocycles. The van der Waals surface area contributed by atoms with Gasteiger partial charge < -0.3 is 18.8 Å². The summed E-state index contributed by atoms with van der Waals surface area (Å²) in [5.41, 5.74) is 1.28. The summed E-state index contributed by atoms with van der Waals surface area (Å²) in [6.07, 6.45) is 9.05. The van der Waals surface area contributed by atoms with Gasteiger partial charge in [-0.1, -0.05) is 51.2 Å². The van der Waals surface area contributed by atoms with Crippen molar-refractivity contribution in [1.82, 2.24) is 0 Å². The normalized spacial score (nSPS) is 12.3. The molecule has 0 aliphatic carbocycles. The van der Waals surface area contributed by atoms with Crippen LogP contribution in [-0.4, -0.2) is 37.6 Å². The van der Waals surface area contributed by atoms with Crippen LogP contribution in [0, 0.1) is 0 Å². The van der Waals surface area contributed by atoms with Crippen LogP contribution in [0.4, 0.5) is 0 Å². The molecule has 0 aromatic heterocycles.